The first-order valence-electron chi connectivity index (χ1n) is 3.87. The summed E-state index contributed by atoms with van der Waals surface area (Å²) < 4.78 is 4.90. The molecule has 0 unspecified atom stereocenters. The van der Waals surface area contributed by atoms with Gasteiger partial charge in [0.25, 0.3) is 0 Å². The highest BCUT2D eigenvalue weighted by Gasteiger charge is 2.00. The minimum atomic E-state index is -0.320. The Balaban J connectivity index is 2.42. The van der Waals surface area contributed by atoms with Gasteiger partial charge in [0, 0.05) is 18.4 Å². The first-order valence-corrected chi connectivity index (χ1v) is 3.87. The van der Waals surface area contributed by atoms with E-state index in [2.05, 4.69) is 10.2 Å². The van der Waals surface area contributed by atoms with Gasteiger partial charge in [0.05, 0.1) is 11.7 Å². The number of carbonyl (C=O) groups excluding carboxylic acids is 1. The smallest absolute Gasteiger partial charge is 0.308 e. The molecule has 0 aliphatic rings. The van der Waals surface area contributed by atoms with Crippen molar-refractivity contribution in [2.45, 2.75) is 6.92 Å². The molecule has 0 amide bonds. The van der Waals surface area contributed by atoms with Crippen LogP contribution in [-0.4, -0.2) is 16.2 Å². The van der Waals surface area contributed by atoms with Crippen LogP contribution in [0.1, 0.15) is 6.92 Å². The van der Waals surface area contributed by atoms with E-state index in [1.807, 2.05) is 6.07 Å². The predicted octanol–water partition coefficient (Wildman–Crippen LogP) is 1.49. The number of ether oxygens (including phenoxy) is 1. The number of hydrogen-bond acceptors (Lipinski definition) is 3. The van der Waals surface area contributed by atoms with Gasteiger partial charge in [0.15, 0.2) is 0 Å². The van der Waals surface area contributed by atoms with E-state index in [9.17, 15) is 4.79 Å². The molecule has 0 saturated carbocycles. The van der Waals surface area contributed by atoms with E-state index in [0.717, 1.165) is 10.9 Å². The highest BCUT2D eigenvalue weighted by atomic mass is 16.5. The summed E-state index contributed by atoms with van der Waals surface area (Å²) in [5.74, 6) is 0.211. The van der Waals surface area contributed by atoms with Crippen molar-refractivity contribution in [3.63, 3.8) is 0 Å². The fourth-order valence-corrected chi connectivity index (χ4v) is 1.15. The standard InChI is InChI=1S/C9H8N2O2/c1-6(12)13-8-3-2-7-5-10-11-9(7)4-8/h2-5H,1H3,(H,10,11). The Kier molecular flexibility index (Phi) is 1.73. The zero-order valence-electron chi connectivity index (χ0n) is 7.07. The summed E-state index contributed by atoms with van der Waals surface area (Å²) in [6.45, 7) is 1.37. The number of aromatic nitrogens is 2. The SMILES string of the molecule is CC(=O)Oc1ccc2cn[nH]c2c1. The van der Waals surface area contributed by atoms with E-state index in [1.165, 1.54) is 6.92 Å². The van der Waals surface area contributed by atoms with Crippen LogP contribution < -0.4 is 4.74 Å². The number of rotatable bonds is 1. The second-order valence-corrected chi connectivity index (χ2v) is 2.71. The maximum atomic E-state index is 10.6. The van der Waals surface area contributed by atoms with Gasteiger partial charge < -0.3 is 4.74 Å². The van der Waals surface area contributed by atoms with Crippen LogP contribution in [0.5, 0.6) is 5.75 Å². The van der Waals surface area contributed by atoms with Crippen LogP contribution in [0, 0.1) is 0 Å². The monoisotopic (exact) mass is 176 g/mol. The van der Waals surface area contributed by atoms with Gasteiger partial charge in [-0.15, -0.1) is 0 Å². The van der Waals surface area contributed by atoms with Crippen molar-refractivity contribution in [2.24, 2.45) is 0 Å². The molecule has 0 radical (unpaired) electrons. The van der Waals surface area contributed by atoms with Crippen molar-refractivity contribution in [1.82, 2.24) is 10.2 Å². The van der Waals surface area contributed by atoms with Crippen molar-refractivity contribution in [1.29, 1.82) is 0 Å². The molecule has 1 N–H and O–H groups in total. The number of H-pyrrole nitrogens is 1. The van der Waals surface area contributed by atoms with E-state index in [-0.39, 0.29) is 5.97 Å². The van der Waals surface area contributed by atoms with Gasteiger partial charge in [0.1, 0.15) is 5.75 Å². The van der Waals surface area contributed by atoms with E-state index in [4.69, 9.17) is 4.74 Å². The van der Waals surface area contributed by atoms with Crippen LogP contribution in [-0.2, 0) is 4.79 Å². The van der Waals surface area contributed by atoms with Crippen molar-refractivity contribution in [3.8, 4) is 5.75 Å². The van der Waals surface area contributed by atoms with Gasteiger partial charge in [-0.25, -0.2) is 0 Å². The summed E-state index contributed by atoms with van der Waals surface area (Å²) in [5, 5.41) is 7.64. The average molecular weight is 176 g/mol. The molecule has 0 spiro atoms. The lowest BCUT2D eigenvalue weighted by atomic mass is 10.2. The lowest BCUT2D eigenvalue weighted by Crippen LogP contribution is -2.00. The Morgan fingerprint density at radius 3 is 3.15 bits per heavy atom. The summed E-state index contributed by atoms with van der Waals surface area (Å²) in [4.78, 5) is 10.6. The highest BCUT2D eigenvalue weighted by molar-refractivity contribution is 5.80. The molecule has 4 nitrogen and oxygen atoms in total. The molecule has 66 valence electrons. The molecule has 1 aromatic carbocycles. The topological polar surface area (TPSA) is 55.0 Å². The van der Waals surface area contributed by atoms with Crippen LogP contribution in [0.2, 0.25) is 0 Å². The Labute approximate surface area is 74.5 Å². The third kappa shape index (κ3) is 1.51. The van der Waals surface area contributed by atoms with Crippen LogP contribution in [0.15, 0.2) is 24.4 Å². The van der Waals surface area contributed by atoms with E-state index >= 15 is 0 Å². The van der Waals surface area contributed by atoms with Crippen LogP contribution >= 0.6 is 0 Å². The van der Waals surface area contributed by atoms with Gasteiger partial charge in [0.2, 0.25) is 0 Å². The van der Waals surface area contributed by atoms with Crippen molar-refractivity contribution in [2.75, 3.05) is 0 Å². The number of carbonyl (C=O) groups is 1. The number of nitrogens with zero attached hydrogens (tertiary/aromatic N) is 1. The zero-order valence-corrected chi connectivity index (χ0v) is 7.07. The molecule has 0 fully saturated rings. The molecule has 1 heterocycles. The quantitative estimate of drug-likeness (QED) is 0.529. The van der Waals surface area contributed by atoms with Crippen molar-refractivity contribution < 1.29 is 9.53 Å². The lowest BCUT2D eigenvalue weighted by Gasteiger charge is -1.99. The first kappa shape index (κ1) is 7.79. The first-order chi connectivity index (χ1) is 6.25. The highest BCUT2D eigenvalue weighted by Crippen LogP contribution is 2.18. The second-order valence-electron chi connectivity index (χ2n) is 2.71. The number of esters is 1. The lowest BCUT2D eigenvalue weighted by molar-refractivity contribution is -0.131. The summed E-state index contributed by atoms with van der Waals surface area (Å²) >= 11 is 0. The number of hydrogen-bond donors (Lipinski definition) is 1. The molecule has 1 aromatic heterocycles. The van der Waals surface area contributed by atoms with Crippen molar-refractivity contribution in [3.05, 3.63) is 24.4 Å². The summed E-state index contributed by atoms with van der Waals surface area (Å²) in [7, 11) is 0. The van der Waals surface area contributed by atoms with E-state index in [0.29, 0.717) is 5.75 Å². The van der Waals surface area contributed by atoms with E-state index in [1.54, 1.807) is 18.3 Å². The molecule has 13 heavy (non-hydrogen) atoms. The Bertz CT molecular complexity index is 448. The van der Waals surface area contributed by atoms with E-state index < -0.39 is 0 Å². The minimum Gasteiger partial charge on any atom is -0.427 e. The number of nitrogens with one attached hydrogen (secondary N) is 1. The molecule has 0 atom stereocenters. The molecular weight excluding hydrogens is 168 g/mol. The predicted molar refractivity (Wildman–Crippen MR) is 47.4 cm³/mol. The molecule has 0 saturated heterocycles. The zero-order chi connectivity index (χ0) is 9.26. The molecular formula is C9H8N2O2. The molecule has 2 rings (SSSR count). The number of benzene rings is 1. The maximum absolute atomic E-state index is 10.6. The molecule has 2 aromatic rings. The van der Waals surface area contributed by atoms with Crippen LogP contribution in [0.25, 0.3) is 10.9 Å². The average Bonchev–Trinajstić information content (AvgIpc) is 2.49. The third-order valence-corrected chi connectivity index (χ3v) is 1.67. The Morgan fingerprint density at radius 1 is 1.54 bits per heavy atom. The molecule has 0 aliphatic heterocycles. The van der Waals surface area contributed by atoms with Crippen LogP contribution in [0.3, 0.4) is 0 Å². The second kappa shape index (κ2) is 2.90. The van der Waals surface area contributed by atoms with Gasteiger partial charge in [-0.1, -0.05) is 0 Å². The van der Waals surface area contributed by atoms with Gasteiger partial charge in [-0.2, -0.15) is 5.10 Å². The molecule has 0 aliphatic carbocycles. The fourth-order valence-electron chi connectivity index (χ4n) is 1.15. The Hall–Kier alpha value is -1.84. The summed E-state index contributed by atoms with van der Waals surface area (Å²) in [6, 6.07) is 5.32. The summed E-state index contributed by atoms with van der Waals surface area (Å²) in [6.07, 6.45) is 1.72. The van der Waals surface area contributed by atoms with Gasteiger partial charge >= 0.3 is 5.97 Å². The Morgan fingerprint density at radius 2 is 2.38 bits per heavy atom. The molecule has 4 heteroatoms. The number of aromatic amines is 1. The normalized spacial score (nSPS) is 10.2. The minimum absolute atomic E-state index is 0.320. The third-order valence-electron chi connectivity index (χ3n) is 1.67. The largest absolute Gasteiger partial charge is 0.427 e. The summed E-state index contributed by atoms with van der Waals surface area (Å²) in [5.41, 5.74) is 0.860. The molecule has 0 bridgehead atoms. The fraction of sp³-hybridized carbons (Fsp3) is 0.111. The number of fused-ring (bicyclic) bond motifs is 1. The maximum Gasteiger partial charge on any atom is 0.308 e. The van der Waals surface area contributed by atoms with Crippen molar-refractivity contribution >= 4 is 16.9 Å². The van der Waals surface area contributed by atoms with Crippen LogP contribution in [0.4, 0.5) is 0 Å². The van der Waals surface area contributed by atoms with Gasteiger partial charge in [-0.3, -0.25) is 9.89 Å². The van der Waals surface area contributed by atoms with Gasteiger partial charge in [-0.05, 0) is 12.1 Å².